The number of nitrogens with zero attached hydrogens (tertiary/aromatic N) is 4. The molecule has 9 nitrogen and oxygen atoms in total. The molecule has 0 aromatic carbocycles. The van der Waals surface area contributed by atoms with Gasteiger partial charge in [0.15, 0.2) is 0 Å². The molecule has 5 rings (SSSR count). The van der Waals surface area contributed by atoms with Gasteiger partial charge in [-0.3, -0.25) is 4.79 Å². The van der Waals surface area contributed by atoms with Crippen molar-refractivity contribution in [2.45, 2.75) is 90.3 Å². The summed E-state index contributed by atoms with van der Waals surface area (Å²) in [6, 6.07) is 4.34. The fourth-order valence-electron chi connectivity index (χ4n) is 4.79. The number of nitrogens with one attached hydrogen (secondary N) is 1. The van der Waals surface area contributed by atoms with E-state index in [1.54, 1.807) is 43.1 Å². The second kappa shape index (κ2) is 16.5. The third-order valence-corrected chi connectivity index (χ3v) is 10.5. The number of aromatic nitrogens is 4. The predicted molar refractivity (Wildman–Crippen MR) is 178 cm³/mol. The van der Waals surface area contributed by atoms with Gasteiger partial charge in [0, 0.05) is 60.4 Å². The van der Waals surface area contributed by atoms with E-state index in [2.05, 4.69) is 53.6 Å². The van der Waals surface area contributed by atoms with Crippen molar-refractivity contribution in [2.24, 2.45) is 0 Å². The minimum absolute atomic E-state index is 0.0690. The fraction of sp³-hybridized carbons (Fsp3) is 0.531. The number of hydrogen-bond donors (Lipinski definition) is 2. The Morgan fingerprint density at radius 3 is 2.57 bits per heavy atom. The average molecular weight is 658 g/mol. The van der Waals surface area contributed by atoms with Crippen molar-refractivity contribution >= 4 is 45.8 Å². The Kier molecular flexibility index (Phi) is 12.8. The van der Waals surface area contributed by atoms with Gasteiger partial charge in [-0.25, -0.2) is 19.9 Å². The van der Waals surface area contributed by atoms with Crippen LogP contribution in [0.15, 0.2) is 29.9 Å². The van der Waals surface area contributed by atoms with E-state index in [1.165, 1.54) is 33.2 Å². The normalized spacial score (nSPS) is 13.5. The summed E-state index contributed by atoms with van der Waals surface area (Å²) in [7, 11) is 3.33. The molecule has 0 saturated carbocycles. The smallest absolute Gasteiger partial charge is 0.304 e. The average Bonchev–Trinajstić information content (AvgIpc) is 3.75. The number of methoxy groups -OCH3 is 2. The van der Waals surface area contributed by atoms with Gasteiger partial charge in [0.2, 0.25) is 0 Å². The highest BCUT2D eigenvalue weighted by molar-refractivity contribution is 7.12. The van der Waals surface area contributed by atoms with E-state index in [1.807, 2.05) is 6.20 Å². The third-order valence-electron chi connectivity index (χ3n) is 6.97. The molecule has 0 spiro atoms. The first-order chi connectivity index (χ1) is 21.1. The number of carbonyl (C=O) groups is 1. The number of ether oxygens (including phenoxy) is 2. The van der Waals surface area contributed by atoms with Gasteiger partial charge in [0.05, 0.1) is 40.2 Å². The first-order valence-electron chi connectivity index (χ1n) is 14.9. The van der Waals surface area contributed by atoms with E-state index in [4.69, 9.17) is 19.4 Å². The van der Waals surface area contributed by atoms with Gasteiger partial charge in [0.25, 0.3) is 0 Å². The molecule has 0 aliphatic carbocycles. The van der Waals surface area contributed by atoms with E-state index in [0.717, 1.165) is 64.3 Å². The number of aryl methyl sites for hydroxylation is 3. The van der Waals surface area contributed by atoms with Crippen molar-refractivity contribution in [3.8, 4) is 0 Å². The van der Waals surface area contributed by atoms with Crippen molar-refractivity contribution in [1.29, 1.82) is 0 Å². The molecular weight excluding hydrogens is 615 g/mol. The van der Waals surface area contributed by atoms with Crippen molar-refractivity contribution in [1.82, 2.24) is 19.9 Å². The van der Waals surface area contributed by atoms with Crippen LogP contribution in [-0.4, -0.2) is 51.8 Å². The molecule has 0 amide bonds. The lowest BCUT2D eigenvalue weighted by atomic mass is 9.98. The number of aliphatic carboxylic acids is 1. The number of carboxylic acids is 1. The molecule has 12 heteroatoms. The molecule has 0 fully saturated rings. The minimum Gasteiger partial charge on any atom is -0.481 e. The lowest BCUT2D eigenvalue weighted by Crippen LogP contribution is -2.14. The number of thiazole rings is 3. The van der Waals surface area contributed by atoms with Gasteiger partial charge in [0.1, 0.15) is 10.8 Å². The van der Waals surface area contributed by atoms with Crippen molar-refractivity contribution < 1.29 is 19.4 Å². The van der Waals surface area contributed by atoms with Crippen LogP contribution < -0.4 is 5.32 Å². The zero-order valence-electron chi connectivity index (χ0n) is 26.2. The van der Waals surface area contributed by atoms with Crippen LogP contribution in [0, 0.1) is 0 Å². The molecule has 0 bridgehead atoms. The molecule has 44 heavy (non-hydrogen) atoms. The van der Waals surface area contributed by atoms with Crippen LogP contribution in [0.5, 0.6) is 0 Å². The summed E-state index contributed by atoms with van der Waals surface area (Å²) in [6.07, 6.45) is 9.45. The van der Waals surface area contributed by atoms with Crippen LogP contribution in [0.25, 0.3) is 0 Å². The summed E-state index contributed by atoms with van der Waals surface area (Å²) in [5.74, 6) is 0.114. The summed E-state index contributed by atoms with van der Waals surface area (Å²) in [6.45, 7) is 8.63. The lowest BCUT2D eigenvalue weighted by Gasteiger charge is -2.17. The van der Waals surface area contributed by atoms with E-state index >= 15 is 0 Å². The topological polar surface area (TPSA) is 119 Å². The molecule has 0 saturated heterocycles. The molecule has 1 aliphatic heterocycles. The summed E-state index contributed by atoms with van der Waals surface area (Å²) in [5.41, 5.74) is 3.55. The quantitative estimate of drug-likeness (QED) is 0.156. The molecule has 1 unspecified atom stereocenters. The largest absolute Gasteiger partial charge is 0.481 e. The molecule has 1 atom stereocenters. The number of carboxylic acid groups (broad SMARTS) is 1. The van der Waals surface area contributed by atoms with Crippen LogP contribution in [0.4, 0.5) is 5.82 Å². The molecular formula is C32H43N5O4S3. The Morgan fingerprint density at radius 1 is 1.02 bits per heavy atom. The van der Waals surface area contributed by atoms with Gasteiger partial charge in [-0.2, -0.15) is 0 Å². The summed E-state index contributed by atoms with van der Waals surface area (Å²) < 4.78 is 10.2. The lowest BCUT2D eigenvalue weighted by molar-refractivity contribution is -0.137. The standard InChI is InChI=1S/C23H28N4O3S2.C9H15NOS/c1-30-13-21-25-12-19(32-21)16(11-22(28)29)10-18-14-31-20(26-18)6-2-5-17-8-7-15-4-3-9-24-23(15)27-17;1-9(2,3)8-10-5-7(12-8)6-11-4/h7-8,12,14,16H,2-6,9-11,13H2,1H3,(H,24,27)(H,28,29);5H,6H2,1-4H3. The monoisotopic (exact) mass is 657 g/mol. The molecule has 238 valence electrons. The van der Waals surface area contributed by atoms with Crippen LogP contribution >= 0.6 is 34.0 Å². The second-order valence-electron chi connectivity index (χ2n) is 11.8. The van der Waals surface area contributed by atoms with Crippen LogP contribution in [-0.2, 0) is 58.6 Å². The third kappa shape index (κ3) is 10.4. The Balaban J connectivity index is 0.000000309. The Hall–Kier alpha value is -2.77. The highest BCUT2D eigenvalue weighted by Crippen LogP contribution is 2.30. The molecule has 4 aromatic heterocycles. The maximum atomic E-state index is 11.4. The maximum Gasteiger partial charge on any atom is 0.304 e. The first kappa shape index (κ1) is 34.1. The molecule has 2 N–H and O–H groups in total. The highest BCUT2D eigenvalue weighted by atomic mass is 32.1. The maximum absolute atomic E-state index is 11.4. The molecule has 1 aliphatic rings. The van der Waals surface area contributed by atoms with Crippen LogP contribution in [0.1, 0.15) is 87.7 Å². The number of fused-ring (bicyclic) bond motifs is 1. The number of pyridine rings is 1. The van der Waals surface area contributed by atoms with Crippen molar-refractivity contribution in [3.63, 3.8) is 0 Å². The highest BCUT2D eigenvalue weighted by Gasteiger charge is 2.21. The van der Waals surface area contributed by atoms with Crippen molar-refractivity contribution in [3.05, 3.63) is 71.6 Å². The fourth-order valence-corrected chi connectivity index (χ4v) is 7.58. The Bertz CT molecular complexity index is 1480. The zero-order chi connectivity index (χ0) is 31.5. The number of hydrogen-bond acceptors (Lipinski definition) is 11. The van der Waals surface area contributed by atoms with Gasteiger partial charge >= 0.3 is 5.97 Å². The second-order valence-corrected chi connectivity index (χ2v) is 15.0. The van der Waals surface area contributed by atoms with Crippen LogP contribution in [0.3, 0.4) is 0 Å². The van der Waals surface area contributed by atoms with E-state index in [9.17, 15) is 9.90 Å². The van der Waals surface area contributed by atoms with Gasteiger partial charge in [-0.1, -0.05) is 26.8 Å². The first-order valence-corrected chi connectivity index (χ1v) is 17.4. The SMILES string of the molecule is COCc1cnc(C(C)(C)C)s1.COCc1ncc(C(CC(=O)O)Cc2csc(CCCc3ccc4c(n3)NCCC4)n2)s1. The van der Waals surface area contributed by atoms with E-state index in [0.29, 0.717) is 19.6 Å². The minimum atomic E-state index is -0.806. The molecule has 0 radical (unpaired) electrons. The summed E-state index contributed by atoms with van der Waals surface area (Å²) in [5, 5.41) is 18.0. The van der Waals surface area contributed by atoms with Crippen LogP contribution in [0.2, 0.25) is 0 Å². The summed E-state index contributed by atoms with van der Waals surface area (Å²) >= 11 is 4.90. The van der Waals surface area contributed by atoms with E-state index in [-0.39, 0.29) is 17.8 Å². The molecule has 5 heterocycles. The van der Waals surface area contributed by atoms with E-state index < -0.39 is 5.97 Å². The Labute approximate surface area is 272 Å². The number of anilines is 1. The van der Waals surface area contributed by atoms with Crippen molar-refractivity contribution in [2.75, 3.05) is 26.1 Å². The molecule has 4 aromatic rings. The Morgan fingerprint density at radius 2 is 1.84 bits per heavy atom. The van der Waals surface area contributed by atoms with Gasteiger partial charge < -0.3 is 19.9 Å². The van der Waals surface area contributed by atoms with Gasteiger partial charge in [-0.15, -0.1) is 34.0 Å². The summed E-state index contributed by atoms with van der Waals surface area (Å²) in [4.78, 5) is 31.8. The predicted octanol–water partition coefficient (Wildman–Crippen LogP) is 7.06. The zero-order valence-corrected chi connectivity index (χ0v) is 28.7. The number of rotatable bonds is 13. The van der Waals surface area contributed by atoms with Gasteiger partial charge in [-0.05, 0) is 50.2 Å².